The molecule has 304 valence electrons. The summed E-state index contributed by atoms with van der Waals surface area (Å²) in [7, 11) is 0. The fraction of sp³-hybridized carbons (Fsp3) is 0.413. The van der Waals surface area contributed by atoms with Crippen LogP contribution in [0.2, 0.25) is 0 Å². The monoisotopic (exact) mass is 847 g/mol. The molecule has 2 amide bonds. The number of carboxylic acid groups (broad SMARTS) is 1. The van der Waals surface area contributed by atoms with Crippen molar-refractivity contribution in [1.82, 2.24) is 15.1 Å². The predicted octanol–water partition coefficient (Wildman–Crippen LogP) is 9.98. The number of carbonyl (C=O) groups is 3. The molecule has 0 aliphatic carbocycles. The van der Waals surface area contributed by atoms with Gasteiger partial charge in [0.2, 0.25) is 5.91 Å². The van der Waals surface area contributed by atoms with E-state index in [1.165, 1.54) is 50.8 Å². The van der Waals surface area contributed by atoms with Gasteiger partial charge in [0.1, 0.15) is 0 Å². The lowest BCUT2D eigenvalue weighted by atomic mass is 9.87. The molecule has 2 fully saturated rings. The van der Waals surface area contributed by atoms with Crippen LogP contribution in [0.25, 0.3) is 11.1 Å². The molecule has 2 aliphatic heterocycles. The topological polar surface area (TPSA) is 90.0 Å². The van der Waals surface area contributed by atoms with E-state index in [1.807, 2.05) is 53.4 Å². The number of piperidine rings is 2. The summed E-state index contributed by atoms with van der Waals surface area (Å²) in [5.74, 6) is -0.847. The van der Waals surface area contributed by atoms with Gasteiger partial charge in [-0.15, -0.1) is 0 Å². The van der Waals surface area contributed by atoms with Crippen LogP contribution < -0.4 is 5.32 Å². The third-order valence-corrected chi connectivity index (χ3v) is 11.4. The second-order valence-electron chi connectivity index (χ2n) is 15.2. The van der Waals surface area contributed by atoms with Crippen molar-refractivity contribution in [3.05, 3.63) is 130 Å². The number of hydrogen-bond donors (Lipinski definition) is 2. The number of hydrogen-bond acceptors (Lipinski definition) is 4. The number of halogens is 4. The van der Waals surface area contributed by atoms with E-state index in [-0.39, 0.29) is 11.8 Å². The Hall–Kier alpha value is -4.48. The minimum atomic E-state index is -5.08. The van der Waals surface area contributed by atoms with E-state index in [0.29, 0.717) is 19.5 Å². The minimum absolute atomic E-state index is 0.125. The van der Waals surface area contributed by atoms with E-state index in [2.05, 4.69) is 80.7 Å². The van der Waals surface area contributed by atoms with Gasteiger partial charge in [0.25, 0.3) is 5.91 Å². The normalized spacial score (nSPS) is 15.1. The zero-order chi connectivity index (χ0) is 40.6. The number of aliphatic carboxylic acids is 1. The van der Waals surface area contributed by atoms with Crippen LogP contribution in [0.4, 0.5) is 13.2 Å². The molecule has 2 N–H and O–H groups in total. The average Bonchev–Trinajstić information content (AvgIpc) is 3.21. The molecule has 0 unspecified atom stereocenters. The van der Waals surface area contributed by atoms with E-state index in [1.54, 1.807) is 0 Å². The van der Waals surface area contributed by atoms with E-state index in [9.17, 15) is 22.8 Å². The number of rotatable bonds is 14. The van der Waals surface area contributed by atoms with E-state index in [4.69, 9.17) is 9.90 Å². The zero-order valence-corrected chi connectivity index (χ0v) is 33.9. The summed E-state index contributed by atoms with van der Waals surface area (Å²) in [5, 5.41) is 10.6. The van der Waals surface area contributed by atoms with Crippen molar-refractivity contribution < 1.29 is 32.7 Å². The minimum Gasteiger partial charge on any atom is -0.475 e. The molecule has 7 nitrogen and oxygen atoms in total. The third kappa shape index (κ3) is 14.4. The molecule has 57 heavy (non-hydrogen) atoms. The summed E-state index contributed by atoms with van der Waals surface area (Å²) in [5.41, 5.74) is 6.22. The molecule has 0 bridgehead atoms. The molecule has 0 saturated carbocycles. The lowest BCUT2D eigenvalue weighted by molar-refractivity contribution is -0.192. The van der Waals surface area contributed by atoms with Crippen LogP contribution in [0.5, 0.6) is 0 Å². The van der Waals surface area contributed by atoms with Crippen LogP contribution in [-0.4, -0.2) is 71.6 Å². The number of benzene rings is 4. The van der Waals surface area contributed by atoms with E-state index in [0.717, 1.165) is 82.9 Å². The van der Waals surface area contributed by atoms with Crippen molar-refractivity contribution in [2.75, 3.05) is 32.7 Å². The summed E-state index contributed by atoms with van der Waals surface area (Å²) in [6, 6.07) is 35.0. The Morgan fingerprint density at radius 2 is 1.33 bits per heavy atom. The number of carbonyl (C=O) groups excluding carboxylic acids is 2. The molecule has 2 aliphatic rings. The molecular formula is C46H53BrF3N3O4. The fourth-order valence-corrected chi connectivity index (χ4v) is 8.16. The Kier molecular flexibility index (Phi) is 16.8. The number of nitrogens with one attached hydrogen (secondary N) is 1. The molecule has 4 aromatic rings. The van der Waals surface area contributed by atoms with Gasteiger partial charge in [-0.25, -0.2) is 4.79 Å². The highest BCUT2D eigenvalue weighted by Gasteiger charge is 2.38. The molecule has 0 radical (unpaired) electrons. The Bertz CT molecular complexity index is 1890. The van der Waals surface area contributed by atoms with Gasteiger partial charge >= 0.3 is 12.1 Å². The molecule has 2 heterocycles. The first kappa shape index (κ1) is 43.6. The molecule has 11 heteroatoms. The third-order valence-electron chi connectivity index (χ3n) is 10.9. The van der Waals surface area contributed by atoms with Gasteiger partial charge in [-0.2, -0.15) is 13.2 Å². The van der Waals surface area contributed by atoms with Crippen molar-refractivity contribution in [1.29, 1.82) is 0 Å². The number of amides is 2. The van der Waals surface area contributed by atoms with Crippen LogP contribution in [-0.2, 0) is 29.0 Å². The molecule has 4 aromatic carbocycles. The maximum atomic E-state index is 13.7. The van der Waals surface area contributed by atoms with E-state index >= 15 is 0 Å². The number of nitrogens with zero attached hydrogens (tertiary/aromatic N) is 2. The molecule has 0 atom stereocenters. The Labute approximate surface area is 342 Å². The molecular weight excluding hydrogens is 795 g/mol. The van der Waals surface area contributed by atoms with Gasteiger partial charge in [0, 0.05) is 36.2 Å². The maximum absolute atomic E-state index is 13.7. The zero-order valence-electron chi connectivity index (χ0n) is 32.4. The van der Waals surface area contributed by atoms with Crippen LogP contribution in [0.3, 0.4) is 0 Å². The summed E-state index contributed by atoms with van der Waals surface area (Å²) in [6.45, 7) is 5.29. The summed E-state index contributed by atoms with van der Waals surface area (Å²) >= 11 is 3.55. The van der Waals surface area contributed by atoms with Crippen LogP contribution in [0, 0.1) is 11.8 Å². The highest BCUT2D eigenvalue weighted by Crippen LogP contribution is 2.28. The summed E-state index contributed by atoms with van der Waals surface area (Å²) < 4.78 is 32.7. The maximum Gasteiger partial charge on any atom is 0.490 e. The molecule has 2 saturated heterocycles. The summed E-state index contributed by atoms with van der Waals surface area (Å²) in [6.07, 6.45) is 5.99. The Balaban J connectivity index is 0.000000811. The molecule has 0 spiro atoms. The van der Waals surface area contributed by atoms with Crippen molar-refractivity contribution >= 4 is 33.7 Å². The van der Waals surface area contributed by atoms with Crippen molar-refractivity contribution in [3.63, 3.8) is 0 Å². The van der Waals surface area contributed by atoms with Gasteiger partial charge in [0.15, 0.2) is 0 Å². The molecule has 6 rings (SSSR count). The van der Waals surface area contributed by atoms with Crippen LogP contribution in [0.1, 0.15) is 78.4 Å². The number of alkyl halides is 3. The second kappa shape index (κ2) is 21.9. The first-order valence-electron chi connectivity index (χ1n) is 20.0. The van der Waals surface area contributed by atoms with Gasteiger partial charge in [0.05, 0.1) is 6.42 Å². The van der Waals surface area contributed by atoms with Crippen LogP contribution >= 0.6 is 15.9 Å². The highest BCUT2D eigenvalue weighted by atomic mass is 79.9. The van der Waals surface area contributed by atoms with Gasteiger partial charge < -0.3 is 20.2 Å². The van der Waals surface area contributed by atoms with Crippen molar-refractivity contribution in [2.24, 2.45) is 11.8 Å². The standard InChI is InChI=1S/C44H52BrN3O2.C2HF3O2/c45-42-19-6-13-37(30-42)31-43(49)48(26-8-15-34-9-2-1-3-10-34)33-38-14-5-16-39(29-38)40-17-7-18-41(32-40)44(50)47-27-22-36(23-28-47)12-4-11-35-20-24-46-25-21-35;3-2(4,5)1(6)7/h1-3,5-7,9-10,13-14,16-19,29-30,32,35-36,46H,4,8,11-12,15,20-28,31,33H2;(H,6,7). The lowest BCUT2D eigenvalue weighted by Gasteiger charge is -2.32. The summed E-state index contributed by atoms with van der Waals surface area (Å²) in [4.78, 5) is 40.3. The van der Waals surface area contributed by atoms with Gasteiger partial charge in [-0.3, -0.25) is 9.59 Å². The Morgan fingerprint density at radius 1 is 0.737 bits per heavy atom. The van der Waals surface area contributed by atoms with Gasteiger partial charge in [-0.1, -0.05) is 108 Å². The lowest BCUT2D eigenvalue weighted by Crippen LogP contribution is -2.38. The average molecular weight is 849 g/mol. The number of carboxylic acids is 1. The predicted molar refractivity (Wildman–Crippen MR) is 222 cm³/mol. The van der Waals surface area contributed by atoms with Crippen molar-refractivity contribution in [3.8, 4) is 11.1 Å². The fourth-order valence-electron chi connectivity index (χ4n) is 7.72. The molecule has 0 aromatic heterocycles. The SMILES string of the molecule is O=C(Cc1cccc(Br)c1)N(CCCc1ccccc1)Cc1cccc(-c2cccc(C(=O)N3CCC(CCCC4CCNCC4)CC3)c2)c1.O=C(O)C(F)(F)F. The second-order valence-corrected chi connectivity index (χ2v) is 16.1. The highest BCUT2D eigenvalue weighted by molar-refractivity contribution is 9.10. The van der Waals surface area contributed by atoms with Crippen LogP contribution in [0.15, 0.2) is 108 Å². The van der Waals surface area contributed by atoms with Gasteiger partial charge in [-0.05, 0) is 122 Å². The van der Waals surface area contributed by atoms with E-state index < -0.39 is 12.1 Å². The first-order chi connectivity index (χ1) is 27.4. The quantitative estimate of drug-likeness (QED) is 0.132. The van der Waals surface area contributed by atoms with Crippen molar-refractivity contribution in [2.45, 2.75) is 76.9 Å². The number of aryl methyl sites for hydroxylation is 1. The smallest absolute Gasteiger partial charge is 0.475 e. The first-order valence-corrected chi connectivity index (χ1v) is 20.8. The largest absolute Gasteiger partial charge is 0.490 e. The number of likely N-dealkylation sites (tertiary alicyclic amines) is 1. The Morgan fingerprint density at radius 3 is 2.00 bits per heavy atom.